The van der Waals surface area contributed by atoms with Crippen molar-refractivity contribution in [1.82, 2.24) is 0 Å². The summed E-state index contributed by atoms with van der Waals surface area (Å²) >= 11 is 0. The summed E-state index contributed by atoms with van der Waals surface area (Å²) in [5, 5.41) is 0. The van der Waals surface area contributed by atoms with Gasteiger partial charge in [0.25, 0.3) is 0 Å². The van der Waals surface area contributed by atoms with Crippen molar-refractivity contribution in [1.29, 1.82) is 0 Å². The van der Waals surface area contributed by atoms with Crippen molar-refractivity contribution in [3.05, 3.63) is 60.2 Å². The maximum atomic E-state index is 11.7. The first-order chi connectivity index (χ1) is 7.77. The van der Waals surface area contributed by atoms with Crippen molar-refractivity contribution in [3.8, 4) is 0 Å². The van der Waals surface area contributed by atoms with Crippen molar-refractivity contribution in [2.24, 2.45) is 5.92 Å². The standard InChI is InChI=1S/C14H12O2/c15-13(11-6-2-1-3-7-11)10-14(16)12-8-4-5-9-12/h1-9,12H,10H2. The highest BCUT2D eigenvalue weighted by Crippen LogP contribution is 2.14. The predicted octanol–water partition coefficient (Wildman–Crippen LogP) is 2.57. The molecule has 1 aromatic rings. The highest BCUT2D eigenvalue weighted by molar-refractivity contribution is 6.09. The minimum atomic E-state index is -0.215. The molecule has 2 rings (SSSR count). The van der Waals surface area contributed by atoms with Gasteiger partial charge in [-0.15, -0.1) is 0 Å². The molecule has 0 atom stereocenters. The Balaban J connectivity index is 2.00. The second-order valence-electron chi connectivity index (χ2n) is 3.73. The summed E-state index contributed by atoms with van der Waals surface area (Å²) in [5.41, 5.74) is 0.599. The maximum absolute atomic E-state index is 11.7. The molecule has 0 aromatic heterocycles. The molecule has 1 aliphatic rings. The Morgan fingerprint density at radius 1 is 1.00 bits per heavy atom. The lowest BCUT2D eigenvalue weighted by Gasteiger charge is -2.03. The van der Waals surface area contributed by atoms with E-state index in [1.165, 1.54) is 0 Å². The summed E-state index contributed by atoms with van der Waals surface area (Å²) in [7, 11) is 0. The van der Waals surface area contributed by atoms with Gasteiger partial charge in [-0.25, -0.2) is 0 Å². The first kappa shape index (κ1) is 10.6. The maximum Gasteiger partial charge on any atom is 0.170 e. The topological polar surface area (TPSA) is 34.1 Å². The Bertz CT molecular complexity index is 443. The third kappa shape index (κ3) is 2.34. The molecule has 0 saturated carbocycles. The van der Waals surface area contributed by atoms with Gasteiger partial charge in [0.2, 0.25) is 0 Å². The van der Waals surface area contributed by atoms with Crippen LogP contribution in [0.3, 0.4) is 0 Å². The molecule has 0 spiro atoms. The van der Waals surface area contributed by atoms with Crippen LogP contribution in [0, 0.1) is 5.92 Å². The molecule has 0 aliphatic heterocycles. The average molecular weight is 212 g/mol. The number of hydrogen-bond acceptors (Lipinski definition) is 2. The number of Topliss-reactive ketones (excluding diaryl/α,β-unsaturated/α-hetero) is 2. The van der Waals surface area contributed by atoms with Gasteiger partial charge in [0.15, 0.2) is 11.6 Å². The molecule has 0 amide bonds. The van der Waals surface area contributed by atoms with Crippen LogP contribution in [0.2, 0.25) is 0 Å². The number of allylic oxidation sites excluding steroid dienone is 4. The van der Waals surface area contributed by atoms with E-state index < -0.39 is 0 Å². The predicted molar refractivity (Wildman–Crippen MR) is 62.2 cm³/mol. The zero-order valence-electron chi connectivity index (χ0n) is 8.80. The van der Waals surface area contributed by atoms with Crippen molar-refractivity contribution >= 4 is 11.6 Å². The van der Waals surface area contributed by atoms with E-state index in [2.05, 4.69) is 0 Å². The summed E-state index contributed by atoms with van der Waals surface area (Å²) in [4.78, 5) is 23.4. The Labute approximate surface area is 94.3 Å². The van der Waals surface area contributed by atoms with Crippen LogP contribution < -0.4 is 0 Å². The molecular weight excluding hydrogens is 200 g/mol. The van der Waals surface area contributed by atoms with E-state index in [1.54, 1.807) is 36.4 Å². The first-order valence-corrected chi connectivity index (χ1v) is 5.23. The minimum Gasteiger partial charge on any atom is -0.298 e. The fraction of sp³-hybridized carbons (Fsp3) is 0.143. The van der Waals surface area contributed by atoms with Crippen LogP contribution >= 0.6 is 0 Å². The third-order valence-corrected chi connectivity index (χ3v) is 2.55. The number of ketones is 2. The van der Waals surface area contributed by atoms with E-state index in [4.69, 9.17) is 0 Å². The van der Waals surface area contributed by atoms with Crippen LogP contribution in [0.25, 0.3) is 0 Å². The second kappa shape index (κ2) is 4.71. The summed E-state index contributed by atoms with van der Waals surface area (Å²) in [6, 6.07) is 8.91. The number of rotatable bonds is 4. The second-order valence-corrected chi connectivity index (χ2v) is 3.73. The van der Waals surface area contributed by atoms with Gasteiger partial charge in [-0.2, -0.15) is 0 Å². The molecule has 0 unspecified atom stereocenters. The Morgan fingerprint density at radius 3 is 2.25 bits per heavy atom. The van der Waals surface area contributed by atoms with E-state index in [0.717, 1.165) is 0 Å². The lowest BCUT2D eigenvalue weighted by molar-refractivity contribution is -0.119. The summed E-state index contributed by atoms with van der Waals surface area (Å²) in [5.74, 6) is -0.370. The fourth-order valence-electron chi connectivity index (χ4n) is 1.65. The zero-order valence-corrected chi connectivity index (χ0v) is 8.80. The molecule has 1 aliphatic carbocycles. The van der Waals surface area contributed by atoms with E-state index >= 15 is 0 Å². The Morgan fingerprint density at radius 2 is 1.62 bits per heavy atom. The summed E-state index contributed by atoms with van der Waals surface area (Å²) in [6.45, 7) is 0. The highest BCUT2D eigenvalue weighted by Gasteiger charge is 2.18. The van der Waals surface area contributed by atoms with E-state index in [9.17, 15) is 9.59 Å². The molecule has 2 heteroatoms. The van der Waals surface area contributed by atoms with Crippen LogP contribution in [0.1, 0.15) is 16.8 Å². The SMILES string of the molecule is O=C(CC(=O)C1C=CC=C1)c1ccccc1. The first-order valence-electron chi connectivity index (χ1n) is 5.23. The molecule has 80 valence electrons. The average Bonchev–Trinajstić information content (AvgIpc) is 2.83. The molecule has 2 nitrogen and oxygen atoms in total. The molecule has 0 radical (unpaired) electrons. The molecule has 0 N–H and O–H groups in total. The van der Waals surface area contributed by atoms with Crippen LogP contribution in [0.4, 0.5) is 0 Å². The van der Waals surface area contributed by atoms with Crippen molar-refractivity contribution in [3.63, 3.8) is 0 Å². The zero-order chi connectivity index (χ0) is 11.4. The number of carbonyl (C=O) groups is 2. The summed E-state index contributed by atoms with van der Waals surface area (Å²) < 4.78 is 0. The fourth-order valence-corrected chi connectivity index (χ4v) is 1.65. The molecule has 1 aromatic carbocycles. The molecule has 0 saturated heterocycles. The minimum absolute atomic E-state index is 0.0244. The monoisotopic (exact) mass is 212 g/mol. The highest BCUT2D eigenvalue weighted by atomic mass is 16.1. The summed E-state index contributed by atoms with van der Waals surface area (Å²) in [6.07, 6.45) is 7.25. The van der Waals surface area contributed by atoms with Gasteiger partial charge < -0.3 is 0 Å². The lowest BCUT2D eigenvalue weighted by atomic mass is 9.98. The van der Waals surface area contributed by atoms with Crippen LogP contribution in [-0.2, 0) is 4.79 Å². The van der Waals surface area contributed by atoms with Gasteiger partial charge in [-0.1, -0.05) is 54.6 Å². The van der Waals surface area contributed by atoms with Gasteiger partial charge in [-0.05, 0) is 0 Å². The van der Waals surface area contributed by atoms with Crippen LogP contribution in [0.15, 0.2) is 54.6 Å². The van der Waals surface area contributed by atoms with Gasteiger partial charge in [0.05, 0.1) is 12.3 Å². The van der Waals surface area contributed by atoms with E-state index in [-0.39, 0.29) is 23.9 Å². The molecule has 0 bridgehead atoms. The van der Waals surface area contributed by atoms with Crippen molar-refractivity contribution in [2.75, 3.05) is 0 Å². The lowest BCUT2D eigenvalue weighted by Crippen LogP contribution is -2.14. The Kier molecular flexibility index (Phi) is 3.10. The van der Waals surface area contributed by atoms with Crippen molar-refractivity contribution < 1.29 is 9.59 Å². The number of benzene rings is 1. The smallest absolute Gasteiger partial charge is 0.170 e. The van der Waals surface area contributed by atoms with Crippen molar-refractivity contribution in [2.45, 2.75) is 6.42 Å². The molecule has 16 heavy (non-hydrogen) atoms. The molecule has 0 fully saturated rings. The molecular formula is C14H12O2. The van der Waals surface area contributed by atoms with Crippen LogP contribution in [0.5, 0.6) is 0 Å². The van der Waals surface area contributed by atoms with Gasteiger partial charge in [-0.3, -0.25) is 9.59 Å². The van der Waals surface area contributed by atoms with Gasteiger partial charge in [0, 0.05) is 5.56 Å². The van der Waals surface area contributed by atoms with E-state index in [0.29, 0.717) is 5.56 Å². The van der Waals surface area contributed by atoms with Gasteiger partial charge in [0.1, 0.15) is 0 Å². The van der Waals surface area contributed by atoms with Gasteiger partial charge >= 0.3 is 0 Å². The van der Waals surface area contributed by atoms with Crippen LogP contribution in [-0.4, -0.2) is 11.6 Å². The third-order valence-electron chi connectivity index (χ3n) is 2.55. The Hall–Kier alpha value is -1.96. The largest absolute Gasteiger partial charge is 0.298 e. The number of hydrogen-bond donors (Lipinski definition) is 0. The normalized spacial score (nSPS) is 14.2. The molecule has 0 heterocycles. The van der Waals surface area contributed by atoms with E-state index in [1.807, 2.05) is 18.2 Å². The number of carbonyl (C=O) groups excluding carboxylic acids is 2. The quantitative estimate of drug-likeness (QED) is 0.567.